The van der Waals surface area contributed by atoms with Crippen molar-refractivity contribution < 1.29 is 9.53 Å². The number of nitrogen functional groups attached to an aromatic ring is 1. The van der Waals surface area contributed by atoms with Crippen molar-refractivity contribution in [2.45, 2.75) is 19.9 Å². The minimum atomic E-state index is -0.0262. The van der Waals surface area contributed by atoms with Crippen molar-refractivity contribution in [3.63, 3.8) is 0 Å². The summed E-state index contributed by atoms with van der Waals surface area (Å²) in [7, 11) is 5.15. The lowest BCUT2D eigenvalue weighted by atomic mass is 10.1. The Morgan fingerprint density at radius 1 is 1.35 bits per heavy atom. The number of carbonyl (C=O) groups excluding carboxylic acids is 1. The molecule has 0 fully saturated rings. The van der Waals surface area contributed by atoms with Crippen molar-refractivity contribution in [2.75, 3.05) is 45.0 Å². The van der Waals surface area contributed by atoms with Gasteiger partial charge in [0.1, 0.15) is 0 Å². The predicted molar refractivity (Wildman–Crippen MR) is 83.2 cm³/mol. The summed E-state index contributed by atoms with van der Waals surface area (Å²) in [4.78, 5) is 15.8. The molecule has 0 bridgehead atoms. The Hall–Kier alpha value is -1.75. The minimum Gasteiger partial charge on any atom is -0.397 e. The summed E-state index contributed by atoms with van der Waals surface area (Å²) in [6, 6.07) is 5.68. The van der Waals surface area contributed by atoms with Crippen LogP contribution in [0.25, 0.3) is 0 Å². The average molecular weight is 279 g/mol. The number of benzene rings is 1. The van der Waals surface area contributed by atoms with Gasteiger partial charge in [0.15, 0.2) is 0 Å². The van der Waals surface area contributed by atoms with E-state index in [1.54, 1.807) is 38.2 Å². The van der Waals surface area contributed by atoms with E-state index in [1.165, 1.54) is 0 Å². The van der Waals surface area contributed by atoms with E-state index in [4.69, 9.17) is 10.5 Å². The number of ether oxygens (including phenoxy) is 1. The van der Waals surface area contributed by atoms with Crippen molar-refractivity contribution in [1.29, 1.82) is 0 Å². The van der Waals surface area contributed by atoms with E-state index in [9.17, 15) is 4.79 Å². The van der Waals surface area contributed by atoms with Gasteiger partial charge >= 0.3 is 0 Å². The number of hydrogen-bond acceptors (Lipinski definition) is 4. The Labute approximate surface area is 121 Å². The highest BCUT2D eigenvalue weighted by Crippen LogP contribution is 2.26. The Morgan fingerprint density at radius 2 is 2.00 bits per heavy atom. The van der Waals surface area contributed by atoms with Crippen LogP contribution in [0.5, 0.6) is 0 Å². The van der Waals surface area contributed by atoms with E-state index in [1.807, 2.05) is 6.07 Å². The third kappa shape index (κ3) is 3.87. The lowest BCUT2D eigenvalue weighted by molar-refractivity contribution is 0.0827. The lowest BCUT2D eigenvalue weighted by Gasteiger charge is -2.30. The molecule has 0 aliphatic heterocycles. The van der Waals surface area contributed by atoms with Crippen molar-refractivity contribution in [3.8, 4) is 0 Å². The molecular formula is C15H25N3O2. The molecule has 1 rings (SSSR count). The molecule has 5 nitrogen and oxygen atoms in total. The molecule has 1 amide bonds. The number of methoxy groups -OCH3 is 1. The topological polar surface area (TPSA) is 58.8 Å². The highest BCUT2D eigenvalue weighted by atomic mass is 16.5. The van der Waals surface area contributed by atoms with Crippen LogP contribution in [0.1, 0.15) is 24.2 Å². The van der Waals surface area contributed by atoms with E-state index >= 15 is 0 Å². The maximum Gasteiger partial charge on any atom is 0.253 e. The quantitative estimate of drug-likeness (QED) is 0.807. The Kier molecular flexibility index (Phi) is 5.82. The van der Waals surface area contributed by atoms with Gasteiger partial charge in [-0.2, -0.15) is 0 Å². The van der Waals surface area contributed by atoms with E-state index in [2.05, 4.69) is 18.7 Å². The van der Waals surface area contributed by atoms with Gasteiger partial charge in [0.05, 0.1) is 18.0 Å². The summed E-state index contributed by atoms with van der Waals surface area (Å²) in [6.07, 6.45) is 0. The fourth-order valence-corrected chi connectivity index (χ4v) is 2.03. The summed E-state index contributed by atoms with van der Waals surface area (Å²) in [6.45, 7) is 5.53. The largest absolute Gasteiger partial charge is 0.397 e. The molecule has 20 heavy (non-hydrogen) atoms. The molecule has 5 heteroatoms. The standard InChI is InChI=1S/C15H25N3O2/c1-11(2)18(8-9-20-5)14-10-12(6-7-13(14)16)15(19)17(3)4/h6-7,10-11H,8-9,16H2,1-5H3. The Bertz CT molecular complexity index is 458. The van der Waals surface area contributed by atoms with Crippen LogP contribution in [0.2, 0.25) is 0 Å². The van der Waals surface area contributed by atoms with Gasteiger partial charge in [-0.1, -0.05) is 0 Å². The molecule has 1 aromatic carbocycles. The lowest BCUT2D eigenvalue weighted by Crippen LogP contribution is -2.34. The summed E-state index contributed by atoms with van der Waals surface area (Å²) >= 11 is 0. The van der Waals surface area contributed by atoms with Crippen LogP contribution in [0.3, 0.4) is 0 Å². The first-order valence-corrected chi connectivity index (χ1v) is 6.75. The summed E-state index contributed by atoms with van der Waals surface area (Å²) in [5, 5.41) is 0. The molecule has 0 aliphatic rings. The highest BCUT2D eigenvalue weighted by molar-refractivity contribution is 5.96. The molecule has 2 N–H and O–H groups in total. The minimum absolute atomic E-state index is 0.0262. The van der Waals surface area contributed by atoms with Gasteiger partial charge < -0.3 is 20.3 Å². The fourth-order valence-electron chi connectivity index (χ4n) is 2.03. The molecule has 0 unspecified atom stereocenters. The zero-order valence-electron chi connectivity index (χ0n) is 13.0. The van der Waals surface area contributed by atoms with Crippen LogP contribution < -0.4 is 10.6 Å². The van der Waals surface area contributed by atoms with E-state index in [0.717, 1.165) is 12.2 Å². The van der Waals surface area contributed by atoms with Crippen molar-refractivity contribution >= 4 is 17.3 Å². The third-order valence-corrected chi connectivity index (χ3v) is 3.15. The van der Waals surface area contributed by atoms with Gasteiger partial charge in [-0.25, -0.2) is 0 Å². The third-order valence-electron chi connectivity index (χ3n) is 3.15. The number of nitrogens with zero attached hydrogens (tertiary/aromatic N) is 2. The highest BCUT2D eigenvalue weighted by Gasteiger charge is 2.16. The van der Waals surface area contributed by atoms with Crippen LogP contribution in [0.4, 0.5) is 11.4 Å². The Morgan fingerprint density at radius 3 is 2.50 bits per heavy atom. The van der Waals surface area contributed by atoms with Crippen molar-refractivity contribution in [3.05, 3.63) is 23.8 Å². The smallest absolute Gasteiger partial charge is 0.253 e. The first kappa shape index (κ1) is 16.3. The SMILES string of the molecule is COCCN(c1cc(C(=O)N(C)C)ccc1N)C(C)C. The molecule has 0 aliphatic carbocycles. The van der Waals surface area contributed by atoms with Crippen LogP contribution in [0, 0.1) is 0 Å². The number of anilines is 2. The molecular weight excluding hydrogens is 254 g/mol. The Balaban J connectivity index is 3.13. The summed E-state index contributed by atoms with van der Waals surface area (Å²) in [5.74, 6) is -0.0262. The second-order valence-electron chi connectivity index (χ2n) is 5.25. The van der Waals surface area contributed by atoms with E-state index in [0.29, 0.717) is 17.9 Å². The molecule has 0 spiro atoms. The normalized spacial score (nSPS) is 10.7. The van der Waals surface area contributed by atoms with Gasteiger partial charge in [-0.15, -0.1) is 0 Å². The van der Waals surface area contributed by atoms with Gasteiger partial charge in [0, 0.05) is 39.4 Å². The van der Waals surface area contributed by atoms with Gasteiger partial charge in [0.2, 0.25) is 0 Å². The van der Waals surface area contributed by atoms with Gasteiger partial charge in [-0.3, -0.25) is 4.79 Å². The van der Waals surface area contributed by atoms with Gasteiger partial charge in [-0.05, 0) is 32.0 Å². The second kappa shape index (κ2) is 7.14. The van der Waals surface area contributed by atoms with Crippen LogP contribution in [-0.4, -0.2) is 51.2 Å². The molecule has 0 atom stereocenters. The van der Waals surface area contributed by atoms with Crippen LogP contribution >= 0.6 is 0 Å². The zero-order valence-corrected chi connectivity index (χ0v) is 13.0. The molecule has 0 saturated carbocycles. The number of amides is 1. The predicted octanol–water partition coefficient (Wildman–Crippen LogP) is 1.83. The van der Waals surface area contributed by atoms with E-state index < -0.39 is 0 Å². The van der Waals surface area contributed by atoms with Crippen molar-refractivity contribution in [1.82, 2.24) is 4.90 Å². The second-order valence-corrected chi connectivity index (χ2v) is 5.25. The molecule has 112 valence electrons. The number of nitrogens with two attached hydrogens (primary N) is 1. The first-order valence-electron chi connectivity index (χ1n) is 6.75. The zero-order chi connectivity index (χ0) is 15.3. The molecule has 0 heterocycles. The maximum absolute atomic E-state index is 12.1. The molecule has 1 aromatic rings. The van der Waals surface area contributed by atoms with Crippen molar-refractivity contribution in [2.24, 2.45) is 0 Å². The molecule has 0 aromatic heterocycles. The van der Waals surface area contributed by atoms with Crippen LogP contribution in [-0.2, 0) is 4.74 Å². The number of hydrogen-bond donors (Lipinski definition) is 1. The molecule has 0 saturated heterocycles. The monoisotopic (exact) mass is 279 g/mol. The maximum atomic E-state index is 12.1. The van der Waals surface area contributed by atoms with Gasteiger partial charge in [0.25, 0.3) is 5.91 Å². The fraction of sp³-hybridized carbons (Fsp3) is 0.533. The summed E-state index contributed by atoms with van der Waals surface area (Å²) < 4.78 is 5.14. The molecule has 0 radical (unpaired) electrons. The van der Waals surface area contributed by atoms with E-state index in [-0.39, 0.29) is 11.9 Å². The number of carbonyl (C=O) groups is 1. The van der Waals surface area contributed by atoms with Crippen LogP contribution in [0.15, 0.2) is 18.2 Å². The summed E-state index contributed by atoms with van der Waals surface area (Å²) in [5.41, 5.74) is 8.26. The first-order chi connectivity index (χ1) is 9.38. The number of rotatable bonds is 6. The average Bonchev–Trinajstić information content (AvgIpc) is 2.39.